The Kier molecular flexibility index (Phi) is 9.21. The zero-order valence-electron chi connectivity index (χ0n) is 22.3. The Bertz CT molecular complexity index is 1660. The second-order valence-electron chi connectivity index (χ2n) is 9.02. The number of nitrogens with zero attached hydrogens (tertiary/aromatic N) is 2. The molecule has 2 aromatic heterocycles. The number of amides is 2. The second-order valence-corrected chi connectivity index (χ2v) is 13.2. The molecule has 1 aromatic carbocycles. The van der Waals surface area contributed by atoms with Crippen molar-refractivity contribution in [3.05, 3.63) is 44.6 Å². The summed E-state index contributed by atoms with van der Waals surface area (Å²) in [6, 6.07) is 4.92. The van der Waals surface area contributed by atoms with Gasteiger partial charge in [-0.05, 0) is 63.3 Å². The van der Waals surface area contributed by atoms with E-state index in [2.05, 4.69) is 10.3 Å². The summed E-state index contributed by atoms with van der Waals surface area (Å²) in [5, 5.41) is 2.83. The first-order chi connectivity index (χ1) is 19.1. The number of anilines is 1. The van der Waals surface area contributed by atoms with E-state index in [1.165, 1.54) is 18.4 Å². The molecule has 1 N–H and O–H groups in total. The van der Waals surface area contributed by atoms with Gasteiger partial charge in [0.15, 0.2) is 14.6 Å². The van der Waals surface area contributed by atoms with Crippen molar-refractivity contribution in [3.63, 3.8) is 0 Å². The van der Waals surface area contributed by atoms with Crippen LogP contribution in [0.15, 0.2) is 23.2 Å². The summed E-state index contributed by atoms with van der Waals surface area (Å²) in [5.74, 6) is -4.74. The molecule has 0 fully saturated rings. The van der Waals surface area contributed by atoms with Crippen LogP contribution < -0.4 is 10.1 Å². The van der Waals surface area contributed by atoms with Gasteiger partial charge >= 0.3 is 11.9 Å². The number of thiophene rings is 1. The van der Waals surface area contributed by atoms with Crippen molar-refractivity contribution in [2.45, 2.75) is 46.1 Å². The van der Waals surface area contributed by atoms with Crippen molar-refractivity contribution in [3.8, 4) is 0 Å². The van der Waals surface area contributed by atoms with E-state index in [1.54, 1.807) is 29.7 Å². The van der Waals surface area contributed by atoms with Crippen LogP contribution in [0.25, 0.3) is 10.2 Å². The largest absolute Gasteiger partial charge is 0.465 e. The van der Waals surface area contributed by atoms with Crippen molar-refractivity contribution in [2.24, 2.45) is 4.99 Å². The van der Waals surface area contributed by atoms with E-state index >= 15 is 0 Å². The van der Waals surface area contributed by atoms with Crippen LogP contribution in [0.4, 0.5) is 5.00 Å². The fraction of sp³-hybridized carbons (Fsp3) is 0.423. The zero-order valence-corrected chi connectivity index (χ0v) is 24.7. The minimum atomic E-state index is -4.17. The van der Waals surface area contributed by atoms with Gasteiger partial charge in [0.1, 0.15) is 16.5 Å². The molecule has 0 radical (unpaired) electrons. The summed E-state index contributed by atoms with van der Waals surface area (Å²) in [4.78, 5) is 55.1. The minimum absolute atomic E-state index is 0.168. The number of hydrogen-bond donors (Lipinski definition) is 1. The normalized spacial score (nSPS) is 13.6. The highest BCUT2D eigenvalue weighted by Gasteiger charge is 2.29. The number of fused-ring (bicyclic) bond motifs is 2. The first kappa shape index (κ1) is 29.6. The van der Waals surface area contributed by atoms with Gasteiger partial charge in [-0.3, -0.25) is 9.59 Å². The van der Waals surface area contributed by atoms with Gasteiger partial charge in [0.05, 0.1) is 35.1 Å². The van der Waals surface area contributed by atoms with Gasteiger partial charge in [-0.1, -0.05) is 11.3 Å². The van der Waals surface area contributed by atoms with Crippen LogP contribution in [-0.4, -0.2) is 62.0 Å². The SMILES string of the molecule is CCOC(=O)c1c(NC(=O)CS(=O)(=O)CC(=O)N=c2sc3cc(C(=O)OC)ccc3n2CC)sc2c1CCCC2. The lowest BCUT2D eigenvalue weighted by molar-refractivity contribution is -0.115. The number of aryl methyl sites for hydroxylation is 2. The molecule has 3 aromatic rings. The molecule has 214 valence electrons. The molecule has 11 nitrogen and oxygen atoms in total. The van der Waals surface area contributed by atoms with E-state index in [0.717, 1.165) is 46.6 Å². The van der Waals surface area contributed by atoms with E-state index < -0.39 is 45.1 Å². The maximum atomic E-state index is 12.7. The monoisotopic (exact) mass is 607 g/mol. The summed E-state index contributed by atoms with van der Waals surface area (Å²) in [6.07, 6.45) is 3.33. The first-order valence-electron chi connectivity index (χ1n) is 12.7. The molecule has 4 rings (SSSR count). The van der Waals surface area contributed by atoms with Crippen molar-refractivity contribution in [1.82, 2.24) is 4.57 Å². The van der Waals surface area contributed by atoms with E-state index in [0.29, 0.717) is 23.2 Å². The van der Waals surface area contributed by atoms with Gasteiger partial charge in [0.2, 0.25) is 5.91 Å². The standard InChI is InChI=1S/C26H29N3O8S3/c1-4-29-17-11-10-15(24(32)36-3)12-19(17)39-26(29)28-21(31)14-40(34,35)13-20(30)27-23-22(25(33)37-5-2)16-8-6-7-9-18(16)38-23/h10-12H,4-9,13-14H2,1-3H3,(H,27,30). The highest BCUT2D eigenvalue weighted by molar-refractivity contribution is 7.92. The number of esters is 2. The number of sulfone groups is 1. The molecular formula is C26H29N3O8S3. The third-order valence-corrected chi connectivity index (χ3v) is 9.88. The van der Waals surface area contributed by atoms with Crippen LogP contribution in [0.5, 0.6) is 0 Å². The predicted octanol–water partition coefficient (Wildman–Crippen LogP) is 3.11. The molecule has 0 bridgehead atoms. The number of ether oxygens (including phenoxy) is 2. The van der Waals surface area contributed by atoms with Crippen molar-refractivity contribution >= 4 is 71.5 Å². The molecule has 40 heavy (non-hydrogen) atoms. The molecule has 14 heteroatoms. The summed E-state index contributed by atoms with van der Waals surface area (Å²) >= 11 is 2.39. The molecule has 0 aliphatic heterocycles. The van der Waals surface area contributed by atoms with Crippen molar-refractivity contribution < 1.29 is 37.1 Å². The minimum Gasteiger partial charge on any atom is -0.465 e. The topological polar surface area (TPSA) is 150 Å². The van der Waals surface area contributed by atoms with Crippen LogP contribution in [-0.2, 0) is 48.3 Å². The van der Waals surface area contributed by atoms with Gasteiger partial charge < -0.3 is 19.4 Å². The third-order valence-electron chi connectivity index (χ3n) is 6.24. The number of hydrogen-bond acceptors (Lipinski definition) is 10. The lowest BCUT2D eigenvalue weighted by atomic mass is 9.95. The molecule has 1 aliphatic carbocycles. The molecule has 0 unspecified atom stereocenters. The molecule has 0 saturated carbocycles. The lowest BCUT2D eigenvalue weighted by Crippen LogP contribution is -2.28. The number of methoxy groups -OCH3 is 1. The van der Waals surface area contributed by atoms with E-state index in [9.17, 15) is 27.6 Å². The predicted molar refractivity (Wildman–Crippen MR) is 152 cm³/mol. The fourth-order valence-corrected chi connectivity index (χ4v) is 7.98. The highest BCUT2D eigenvalue weighted by Crippen LogP contribution is 2.38. The first-order valence-corrected chi connectivity index (χ1v) is 16.1. The Morgan fingerprint density at radius 2 is 1.80 bits per heavy atom. The number of nitrogens with one attached hydrogen (secondary N) is 1. The third kappa shape index (κ3) is 6.50. The smallest absolute Gasteiger partial charge is 0.341 e. The molecule has 2 heterocycles. The summed E-state index contributed by atoms with van der Waals surface area (Å²) in [6.45, 7) is 4.15. The number of aromatic nitrogens is 1. The van der Waals surface area contributed by atoms with Crippen LogP contribution in [0.1, 0.15) is 57.8 Å². The summed E-state index contributed by atoms with van der Waals surface area (Å²) in [7, 11) is -2.89. The van der Waals surface area contributed by atoms with Gasteiger partial charge in [-0.25, -0.2) is 18.0 Å². The Hall–Kier alpha value is -3.36. The number of thiazole rings is 1. The Balaban J connectivity index is 1.51. The van der Waals surface area contributed by atoms with Gasteiger partial charge in [-0.2, -0.15) is 4.99 Å². The average Bonchev–Trinajstić information content (AvgIpc) is 3.43. The van der Waals surface area contributed by atoms with Crippen molar-refractivity contribution in [2.75, 3.05) is 30.5 Å². The summed E-state index contributed by atoms with van der Waals surface area (Å²) < 4.78 is 37.8. The maximum absolute atomic E-state index is 12.7. The Morgan fingerprint density at radius 1 is 1.05 bits per heavy atom. The van der Waals surface area contributed by atoms with E-state index in [1.807, 2.05) is 6.92 Å². The van der Waals surface area contributed by atoms with Crippen LogP contribution in [0.2, 0.25) is 0 Å². The lowest BCUT2D eigenvalue weighted by Gasteiger charge is -2.12. The van der Waals surface area contributed by atoms with Crippen LogP contribution in [0, 0.1) is 0 Å². The number of carbonyl (C=O) groups excluding carboxylic acids is 4. The quantitative estimate of drug-likeness (QED) is 0.365. The fourth-order valence-electron chi connectivity index (χ4n) is 4.52. The van der Waals surface area contributed by atoms with Gasteiger partial charge in [0, 0.05) is 11.4 Å². The van der Waals surface area contributed by atoms with Crippen LogP contribution >= 0.6 is 22.7 Å². The molecule has 0 spiro atoms. The average molecular weight is 608 g/mol. The van der Waals surface area contributed by atoms with Gasteiger partial charge in [-0.15, -0.1) is 11.3 Å². The molecule has 0 atom stereocenters. The zero-order chi connectivity index (χ0) is 29.0. The number of rotatable bonds is 9. The molecular weight excluding hydrogens is 579 g/mol. The molecule has 0 saturated heterocycles. The molecule has 2 amide bonds. The molecule has 1 aliphatic rings. The van der Waals surface area contributed by atoms with E-state index in [-0.39, 0.29) is 22.0 Å². The second kappa shape index (κ2) is 12.4. The Morgan fingerprint density at radius 3 is 2.50 bits per heavy atom. The highest BCUT2D eigenvalue weighted by atomic mass is 32.2. The van der Waals surface area contributed by atoms with Gasteiger partial charge in [0.25, 0.3) is 5.91 Å². The van der Waals surface area contributed by atoms with Crippen LogP contribution in [0.3, 0.4) is 0 Å². The van der Waals surface area contributed by atoms with E-state index in [4.69, 9.17) is 9.47 Å². The summed E-state index contributed by atoms with van der Waals surface area (Å²) in [5.41, 5.74) is 2.18. The van der Waals surface area contributed by atoms with Crippen molar-refractivity contribution in [1.29, 1.82) is 0 Å². The maximum Gasteiger partial charge on any atom is 0.341 e. The number of carbonyl (C=O) groups is 4. The Labute approximate surface area is 238 Å². The number of benzene rings is 1.